The number of likely N-dealkylation sites (tertiary alicyclic amines) is 1. The lowest BCUT2D eigenvalue weighted by molar-refractivity contribution is -0.180. The maximum Gasteiger partial charge on any atom is 0.459 e. The monoisotopic (exact) mass is 643 g/mol. The summed E-state index contributed by atoms with van der Waals surface area (Å²) in [6.07, 6.45) is -4.74. The van der Waals surface area contributed by atoms with Crippen LogP contribution in [0.25, 0.3) is 0 Å². The number of rotatable bonds is 12. The minimum atomic E-state index is -4.51. The molecule has 3 N–H and O–H groups in total. The van der Waals surface area contributed by atoms with Crippen molar-refractivity contribution in [2.45, 2.75) is 76.2 Å². The summed E-state index contributed by atoms with van der Waals surface area (Å²) in [5.41, 5.74) is 4.38. The van der Waals surface area contributed by atoms with Crippen molar-refractivity contribution in [3.05, 3.63) is 53.1 Å². The highest BCUT2D eigenvalue weighted by Crippen LogP contribution is 2.49. The molecule has 6 atom stereocenters. The van der Waals surface area contributed by atoms with Crippen LogP contribution in [0.4, 0.5) is 14.6 Å². The van der Waals surface area contributed by atoms with Gasteiger partial charge >= 0.3 is 31.3 Å². The third kappa shape index (κ3) is 7.80. The normalized spacial score (nSPS) is 25.3. The van der Waals surface area contributed by atoms with Crippen molar-refractivity contribution in [1.29, 1.82) is 0 Å². The van der Waals surface area contributed by atoms with Gasteiger partial charge in [-0.15, -0.1) is 0 Å². The molecule has 4 rings (SSSR count). The van der Waals surface area contributed by atoms with Crippen LogP contribution in [0.2, 0.25) is 0 Å². The summed E-state index contributed by atoms with van der Waals surface area (Å²) in [6.45, 7) is 4.31. The number of likely N-dealkylation sites (N-methyl/N-ethyl adjacent to an activating group) is 1. The number of para-hydroxylation sites is 1. The van der Waals surface area contributed by atoms with E-state index < -0.39 is 74.5 Å². The molecule has 0 amide bonds. The van der Waals surface area contributed by atoms with E-state index in [-0.39, 0.29) is 11.6 Å². The summed E-state index contributed by atoms with van der Waals surface area (Å²) in [7, 11) is -2.84. The van der Waals surface area contributed by atoms with Crippen LogP contribution in [0.15, 0.2) is 47.4 Å². The second kappa shape index (κ2) is 13.7. The van der Waals surface area contributed by atoms with Gasteiger partial charge in [0.05, 0.1) is 12.7 Å². The molecule has 0 spiro atoms. The molecule has 2 saturated heterocycles. The molecule has 0 radical (unpaired) electrons. The molecular formula is C27H36F2N5O9P. The summed E-state index contributed by atoms with van der Waals surface area (Å²) < 4.78 is 73.6. The molecule has 44 heavy (non-hydrogen) atoms. The van der Waals surface area contributed by atoms with Gasteiger partial charge in [-0.2, -0.15) is 18.9 Å². The van der Waals surface area contributed by atoms with Gasteiger partial charge < -0.3 is 24.5 Å². The Morgan fingerprint density at radius 1 is 1.23 bits per heavy atom. The summed E-state index contributed by atoms with van der Waals surface area (Å²) in [5, 5.41) is 2.46. The molecule has 14 nitrogen and oxygen atoms in total. The lowest BCUT2D eigenvalue weighted by Crippen LogP contribution is -2.47. The maximum atomic E-state index is 16.0. The Morgan fingerprint density at radius 3 is 2.55 bits per heavy atom. The molecule has 3 heterocycles. The number of hydrogen-bond donors (Lipinski definition) is 2. The Labute approximate surface area is 252 Å². The number of esters is 2. The van der Waals surface area contributed by atoms with Gasteiger partial charge in [0.2, 0.25) is 6.23 Å². The average molecular weight is 644 g/mol. The third-order valence-corrected chi connectivity index (χ3v) is 8.57. The molecule has 2 aliphatic heterocycles. The number of carbonyl (C=O) groups is 2. The van der Waals surface area contributed by atoms with Gasteiger partial charge in [-0.1, -0.05) is 18.2 Å². The quantitative estimate of drug-likeness (QED) is 0.255. The van der Waals surface area contributed by atoms with E-state index in [1.165, 1.54) is 19.1 Å². The molecule has 0 aliphatic carbocycles. The Kier molecular flexibility index (Phi) is 10.4. The number of nitrogen functional groups attached to an aromatic ring is 1. The standard InChI is InChI=1S/C27H36F2N5O9P/c1-16(2)40-23(35)17(3)32-44(38,43-18-9-6-5-7-10-18)39-15-20-22(42-24(36)19-11-8-13-33(19)4)27(28,29)25(41-20)34-14-12-21(30)31-26(34)37/h5-7,9-10,12,14,16-17,19-20,22,25H,8,11,13,15H2,1-4H3,(H,32,38)(H2,30,31,37)/t17-,19-,20+,22+,25+,44?/m0/s1. The van der Waals surface area contributed by atoms with Crippen LogP contribution < -0.4 is 21.0 Å². The molecule has 2 aromatic rings. The minimum absolute atomic E-state index is 0.0788. The largest absolute Gasteiger partial charge is 0.462 e. The molecule has 17 heteroatoms. The number of nitrogens with zero attached hydrogens (tertiary/aromatic N) is 3. The first kappa shape index (κ1) is 33.5. The van der Waals surface area contributed by atoms with E-state index in [1.54, 1.807) is 44.0 Å². The van der Waals surface area contributed by atoms with Crippen molar-refractivity contribution in [2.24, 2.45) is 0 Å². The molecule has 242 valence electrons. The molecule has 2 aliphatic rings. The number of nitrogens with one attached hydrogen (secondary N) is 1. The SMILES string of the molecule is CC(C)OC(=O)[C@H](C)NP(=O)(OC[C@H]1O[C@@H](n2ccc(N)nc2=O)C(F)(F)[C@@H]1OC(=O)[C@@H]1CCCN1C)Oc1ccccc1. The first-order chi connectivity index (χ1) is 20.7. The fourth-order valence-electron chi connectivity index (χ4n) is 4.77. The van der Waals surface area contributed by atoms with Crippen LogP contribution in [0.1, 0.15) is 39.8 Å². The Morgan fingerprint density at radius 2 is 1.93 bits per heavy atom. The number of aromatic nitrogens is 2. The smallest absolute Gasteiger partial charge is 0.459 e. The number of halogens is 2. The predicted molar refractivity (Wildman–Crippen MR) is 152 cm³/mol. The van der Waals surface area contributed by atoms with Gasteiger partial charge in [0.1, 0.15) is 29.8 Å². The molecule has 1 aromatic carbocycles. The Hall–Kier alpha value is -3.43. The average Bonchev–Trinajstić information content (AvgIpc) is 3.48. The van der Waals surface area contributed by atoms with E-state index >= 15 is 8.78 Å². The summed E-state index contributed by atoms with van der Waals surface area (Å²) in [4.78, 5) is 43.1. The highest BCUT2D eigenvalue weighted by atomic mass is 31.2. The lowest BCUT2D eigenvalue weighted by atomic mass is 10.1. The Balaban J connectivity index is 1.62. The fourth-order valence-corrected chi connectivity index (χ4v) is 6.27. The number of benzene rings is 1. The first-order valence-corrected chi connectivity index (χ1v) is 15.5. The fraction of sp³-hybridized carbons (Fsp3) is 0.556. The zero-order chi connectivity index (χ0) is 32.2. The molecule has 0 bridgehead atoms. The minimum Gasteiger partial charge on any atom is -0.462 e. The topological polar surface area (TPSA) is 174 Å². The van der Waals surface area contributed by atoms with Crippen molar-refractivity contribution in [3.63, 3.8) is 0 Å². The highest BCUT2D eigenvalue weighted by molar-refractivity contribution is 7.52. The first-order valence-electron chi connectivity index (χ1n) is 14.0. The van der Waals surface area contributed by atoms with E-state index in [4.69, 9.17) is 29.0 Å². The summed E-state index contributed by atoms with van der Waals surface area (Å²) in [6, 6.07) is 6.94. The maximum absolute atomic E-state index is 16.0. The van der Waals surface area contributed by atoms with Gasteiger partial charge in [-0.25, -0.2) is 9.36 Å². The number of carbonyl (C=O) groups excluding carboxylic acids is 2. The number of ether oxygens (including phenoxy) is 3. The lowest BCUT2D eigenvalue weighted by Gasteiger charge is -2.28. The van der Waals surface area contributed by atoms with Gasteiger partial charge in [0.25, 0.3) is 0 Å². The second-order valence-corrected chi connectivity index (χ2v) is 12.5. The van der Waals surface area contributed by atoms with Crippen molar-refractivity contribution in [3.8, 4) is 5.75 Å². The molecule has 1 unspecified atom stereocenters. The molecule has 0 saturated carbocycles. The zero-order valence-electron chi connectivity index (χ0n) is 24.6. The number of hydrogen-bond acceptors (Lipinski definition) is 12. The number of nitrogens with two attached hydrogens (primary N) is 1. The number of anilines is 1. The predicted octanol–water partition coefficient (Wildman–Crippen LogP) is 2.50. The van der Waals surface area contributed by atoms with E-state index in [9.17, 15) is 18.9 Å². The van der Waals surface area contributed by atoms with Gasteiger partial charge in [-0.3, -0.25) is 23.6 Å². The highest BCUT2D eigenvalue weighted by Gasteiger charge is 2.63. The van der Waals surface area contributed by atoms with Crippen molar-refractivity contribution in [1.82, 2.24) is 19.5 Å². The second-order valence-electron chi connectivity index (χ2n) is 10.8. The summed E-state index contributed by atoms with van der Waals surface area (Å²) >= 11 is 0. The van der Waals surface area contributed by atoms with Gasteiger partial charge in [0, 0.05) is 6.20 Å². The van der Waals surface area contributed by atoms with E-state index in [1.807, 2.05) is 0 Å². The van der Waals surface area contributed by atoms with Crippen LogP contribution >= 0.6 is 7.75 Å². The summed E-state index contributed by atoms with van der Waals surface area (Å²) in [5.74, 6) is -5.79. The van der Waals surface area contributed by atoms with Crippen LogP contribution in [0.3, 0.4) is 0 Å². The van der Waals surface area contributed by atoms with Crippen molar-refractivity contribution in [2.75, 3.05) is 25.9 Å². The molecule has 2 fully saturated rings. The number of alkyl halides is 2. The third-order valence-electron chi connectivity index (χ3n) is 6.92. The van der Waals surface area contributed by atoms with Crippen LogP contribution in [0, 0.1) is 0 Å². The van der Waals surface area contributed by atoms with E-state index in [2.05, 4.69) is 10.1 Å². The van der Waals surface area contributed by atoms with Crippen LogP contribution in [0.5, 0.6) is 5.75 Å². The molecule has 1 aromatic heterocycles. The van der Waals surface area contributed by atoms with Crippen LogP contribution in [-0.4, -0.2) is 82.9 Å². The van der Waals surface area contributed by atoms with E-state index in [0.29, 0.717) is 24.0 Å². The van der Waals surface area contributed by atoms with Crippen molar-refractivity contribution >= 4 is 25.5 Å². The zero-order valence-corrected chi connectivity index (χ0v) is 25.5. The van der Waals surface area contributed by atoms with E-state index in [0.717, 1.165) is 12.3 Å². The van der Waals surface area contributed by atoms with Gasteiger partial charge in [-0.05, 0) is 65.4 Å². The van der Waals surface area contributed by atoms with Crippen LogP contribution in [-0.2, 0) is 32.9 Å². The molecular weight excluding hydrogens is 607 g/mol. The van der Waals surface area contributed by atoms with Crippen molar-refractivity contribution < 1.29 is 46.2 Å². The van der Waals surface area contributed by atoms with Gasteiger partial charge in [0.15, 0.2) is 6.10 Å². The Bertz CT molecular complexity index is 1430.